The van der Waals surface area contributed by atoms with E-state index in [1.54, 1.807) is 24.0 Å². The van der Waals surface area contributed by atoms with E-state index in [2.05, 4.69) is 4.98 Å². The summed E-state index contributed by atoms with van der Waals surface area (Å²) >= 11 is 0. The first kappa shape index (κ1) is 17.0. The fourth-order valence-corrected chi connectivity index (χ4v) is 2.47. The highest BCUT2D eigenvalue weighted by molar-refractivity contribution is 5.95. The molecule has 0 bridgehead atoms. The Morgan fingerprint density at radius 1 is 1.30 bits per heavy atom. The number of imidazole rings is 1. The number of aromatic nitrogens is 2. The van der Waals surface area contributed by atoms with Gasteiger partial charge in [0.25, 0.3) is 5.91 Å². The fraction of sp³-hybridized carbons (Fsp3) is 0.471. The van der Waals surface area contributed by atoms with Crippen molar-refractivity contribution in [1.82, 2.24) is 14.3 Å². The minimum Gasteiger partial charge on any atom is -0.466 e. The van der Waals surface area contributed by atoms with Crippen molar-refractivity contribution in [3.05, 3.63) is 35.8 Å². The Bertz CT molecular complexity index is 693. The van der Waals surface area contributed by atoms with E-state index >= 15 is 0 Å². The van der Waals surface area contributed by atoms with Crippen molar-refractivity contribution < 1.29 is 14.3 Å². The number of carbonyl (C=O) groups is 2. The van der Waals surface area contributed by atoms with Crippen LogP contribution >= 0.6 is 0 Å². The summed E-state index contributed by atoms with van der Waals surface area (Å²) < 4.78 is 6.81. The van der Waals surface area contributed by atoms with Gasteiger partial charge in [0.1, 0.15) is 5.65 Å². The zero-order valence-corrected chi connectivity index (χ0v) is 13.9. The third-order valence-electron chi connectivity index (χ3n) is 3.50. The molecule has 0 aliphatic heterocycles. The van der Waals surface area contributed by atoms with Crippen molar-refractivity contribution in [3.63, 3.8) is 0 Å². The van der Waals surface area contributed by atoms with Gasteiger partial charge in [-0.3, -0.25) is 9.59 Å². The number of hydrogen-bond acceptors (Lipinski definition) is 4. The largest absolute Gasteiger partial charge is 0.466 e. The molecule has 0 aliphatic carbocycles. The molecule has 124 valence electrons. The molecule has 2 aromatic rings. The Balaban J connectivity index is 2.12. The molecule has 0 saturated heterocycles. The van der Waals surface area contributed by atoms with Crippen LogP contribution in [0.1, 0.15) is 42.7 Å². The Hall–Kier alpha value is -2.37. The van der Waals surface area contributed by atoms with Gasteiger partial charge < -0.3 is 14.0 Å². The summed E-state index contributed by atoms with van der Waals surface area (Å²) in [4.78, 5) is 30.3. The van der Waals surface area contributed by atoms with Gasteiger partial charge in [0.2, 0.25) is 0 Å². The van der Waals surface area contributed by atoms with Crippen molar-refractivity contribution in [2.24, 2.45) is 0 Å². The number of amides is 1. The average molecular weight is 317 g/mol. The maximum atomic E-state index is 12.7. The molecule has 6 nitrogen and oxygen atoms in total. The summed E-state index contributed by atoms with van der Waals surface area (Å²) in [6, 6.07) is 3.56. The molecule has 6 heteroatoms. The Morgan fingerprint density at radius 3 is 2.78 bits per heavy atom. The highest BCUT2D eigenvalue weighted by atomic mass is 16.5. The molecule has 0 N–H and O–H groups in total. The molecule has 2 aromatic heterocycles. The maximum absolute atomic E-state index is 12.7. The van der Waals surface area contributed by atoms with Gasteiger partial charge in [-0.25, -0.2) is 4.98 Å². The van der Waals surface area contributed by atoms with Gasteiger partial charge in [-0.2, -0.15) is 0 Å². The SMILES string of the molecule is CCCN(CCC(=O)OCC)C(=O)c1ccn2cc(C)nc2c1. The molecule has 0 unspecified atom stereocenters. The molecule has 0 aliphatic rings. The Morgan fingerprint density at radius 2 is 2.09 bits per heavy atom. The zero-order chi connectivity index (χ0) is 16.8. The van der Waals surface area contributed by atoms with Gasteiger partial charge >= 0.3 is 5.97 Å². The molecule has 2 rings (SSSR count). The highest BCUT2D eigenvalue weighted by Crippen LogP contribution is 2.11. The smallest absolute Gasteiger partial charge is 0.307 e. The summed E-state index contributed by atoms with van der Waals surface area (Å²) in [6.45, 7) is 7.02. The first-order valence-corrected chi connectivity index (χ1v) is 7.95. The van der Waals surface area contributed by atoms with Gasteiger partial charge in [-0.05, 0) is 32.4 Å². The van der Waals surface area contributed by atoms with E-state index in [0.29, 0.717) is 25.3 Å². The molecule has 0 spiro atoms. The molecule has 23 heavy (non-hydrogen) atoms. The molecular weight excluding hydrogens is 294 g/mol. The lowest BCUT2D eigenvalue weighted by atomic mass is 10.2. The van der Waals surface area contributed by atoms with E-state index < -0.39 is 0 Å². The van der Waals surface area contributed by atoms with Gasteiger partial charge in [0.15, 0.2) is 0 Å². The van der Waals surface area contributed by atoms with Crippen LogP contribution < -0.4 is 0 Å². The molecule has 0 radical (unpaired) electrons. The fourth-order valence-electron chi connectivity index (χ4n) is 2.47. The first-order chi connectivity index (χ1) is 11.0. The molecular formula is C17H23N3O3. The van der Waals surface area contributed by atoms with Gasteiger partial charge in [-0.15, -0.1) is 0 Å². The number of rotatable bonds is 7. The third kappa shape index (κ3) is 4.31. The predicted octanol–water partition coefficient (Wildman–Crippen LogP) is 2.45. The van der Waals surface area contributed by atoms with Crippen LogP contribution in [-0.4, -0.2) is 45.9 Å². The van der Waals surface area contributed by atoms with E-state index in [-0.39, 0.29) is 18.3 Å². The van der Waals surface area contributed by atoms with Crippen LogP contribution in [0.2, 0.25) is 0 Å². The van der Waals surface area contributed by atoms with E-state index in [9.17, 15) is 9.59 Å². The minimum absolute atomic E-state index is 0.0840. The lowest BCUT2D eigenvalue weighted by Crippen LogP contribution is -2.34. The number of fused-ring (bicyclic) bond motifs is 1. The second-order valence-corrected chi connectivity index (χ2v) is 5.41. The van der Waals surface area contributed by atoms with Crippen LogP contribution in [0.5, 0.6) is 0 Å². The van der Waals surface area contributed by atoms with Crippen LogP contribution in [-0.2, 0) is 9.53 Å². The van der Waals surface area contributed by atoms with Crippen LogP contribution in [0.3, 0.4) is 0 Å². The second-order valence-electron chi connectivity index (χ2n) is 5.41. The summed E-state index contributed by atoms with van der Waals surface area (Å²) in [5.41, 5.74) is 2.23. The van der Waals surface area contributed by atoms with Crippen molar-refractivity contribution in [1.29, 1.82) is 0 Å². The summed E-state index contributed by atoms with van der Waals surface area (Å²) in [7, 11) is 0. The molecule has 0 aromatic carbocycles. The lowest BCUT2D eigenvalue weighted by molar-refractivity contribution is -0.143. The van der Waals surface area contributed by atoms with Crippen molar-refractivity contribution in [3.8, 4) is 0 Å². The van der Waals surface area contributed by atoms with Crippen molar-refractivity contribution in [2.75, 3.05) is 19.7 Å². The lowest BCUT2D eigenvalue weighted by Gasteiger charge is -2.21. The maximum Gasteiger partial charge on any atom is 0.307 e. The highest BCUT2D eigenvalue weighted by Gasteiger charge is 2.17. The summed E-state index contributed by atoms with van der Waals surface area (Å²) in [5.74, 6) is -0.361. The number of esters is 1. The van der Waals surface area contributed by atoms with Gasteiger partial charge in [-0.1, -0.05) is 6.92 Å². The van der Waals surface area contributed by atoms with Crippen LogP contribution in [0.15, 0.2) is 24.5 Å². The van der Waals surface area contributed by atoms with E-state index in [4.69, 9.17) is 4.74 Å². The minimum atomic E-state index is -0.277. The molecule has 2 heterocycles. The van der Waals surface area contributed by atoms with Crippen LogP contribution in [0, 0.1) is 6.92 Å². The molecule has 0 atom stereocenters. The monoisotopic (exact) mass is 317 g/mol. The van der Waals surface area contributed by atoms with E-state index in [1.165, 1.54) is 0 Å². The first-order valence-electron chi connectivity index (χ1n) is 7.95. The van der Waals surface area contributed by atoms with Crippen molar-refractivity contribution >= 4 is 17.5 Å². The number of carbonyl (C=O) groups excluding carboxylic acids is 2. The topological polar surface area (TPSA) is 63.9 Å². The second kappa shape index (κ2) is 7.76. The van der Waals surface area contributed by atoms with Crippen LogP contribution in [0.25, 0.3) is 5.65 Å². The summed E-state index contributed by atoms with van der Waals surface area (Å²) in [6.07, 6.45) is 4.79. The third-order valence-corrected chi connectivity index (χ3v) is 3.50. The zero-order valence-electron chi connectivity index (χ0n) is 13.9. The average Bonchev–Trinajstić information content (AvgIpc) is 2.90. The predicted molar refractivity (Wildman–Crippen MR) is 87.4 cm³/mol. The van der Waals surface area contributed by atoms with E-state index in [1.807, 2.05) is 30.6 Å². The quantitative estimate of drug-likeness (QED) is 0.736. The number of aryl methyl sites for hydroxylation is 1. The molecule has 0 fully saturated rings. The van der Waals surface area contributed by atoms with E-state index in [0.717, 1.165) is 17.8 Å². The normalized spacial score (nSPS) is 10.7. The Labute approximate surface area is 136 Å². The van der Waals surface area contributed by atoms with Crippen LogP contribution in [0.4, 0.5) is 0 Å². The van der Waals surface area contributed by atoms with Gasteiger partial charge in [0.05, 0.1) is 18.7 Å². The molecule has 1 amide bonds. The number of nitrogens with zero attached hydrogens (tertiary/aromatic N) is 3. The number of hydrogen-bond donors (Lipinski definition) is 0. The van der Waals surface area contributed by atoms with Crippen molar-refractivity contribution in [2.45, 2.75) is 33.6 Å². The standard InChI is InChI=1S/C17H23N3O3/c1-4-8-19(10-7-16(21)23-5-2)17(22)14-6-9-20-12-13(3)18-15(20)11-14/h6,9,11-12H,4-5,7-8,10H2,1-3H3. The number of ether oxygens (including phenoxy) is 1. The molecule has 0 saturated carbocycles. The van der Waals surface area contributed by atoms with Gasteiger partial charge in [0, 0.05) is 31.0 Å². The number of pyridine rings is 1. The summed E-state index contributed by atoms with van der Waals surface area (Å²) in [5, 5.41) is 0. The Kier molecular flexibility index (Phi) is 5.73.